The maximum atomic E-state index is 11.9. The Hall–Kier alpha value is -0.700. The zero-order valence-corrected chi connectivity index (χ0v) is 13.0. The molecule has 2 N–H and O–H groups in total. The molecular weight excluding hydrogens is 310 g/mol. The second-order valence-electron chi connectivity index (χ2n) is 3.58. The number of hydrogen-bond acceptors (Lipinski definition) is 5. The summed E-state index contributed by atoms with van der Waals surface area (Å²) in [6, 6.07) is 1.32. The number of sulfonamides is 1. The SMILES string of the molecule is CCS(=O)CCNS(=O)(=O)c1cnc(NC)c(Cl)c1. The fourth-order valence-electron chi connectivity index (χ4n) is 1.27. The van der Waals surface area contributed by atoms with Gasteiger partial charge in [0, 0.05) is 42.1 Å². The minimum atomic E-state index is -3.67. The number of nitrogens with one attached hydrogen (secondary N) is 2. The van der Waals surface area contributed by atoms with Crippen LogP contribution in [0.25, 0.3) is 0 Å². The van der Waals surface area contributed by atoms with Gasteiger partial charge in [0.1, 0.15) is 10.7 Å². The van der Waals surface area contributed by atoms with Crippen molar-refractivity contribution in [2.75, 3.05) is 30.4 Å². The largest absolute Gasteiger partial charge is 0.372 e. The molecular formula is C10H16ClN3O3S2. The molecule has 0 radical (unpaired) electrons. The van der Waals surface area contributed by atoms with E-state index >= 15 is 0 Å². The predicted molar refractivity (Wildman–Crippen MR) is 77.5 cm³/mol. The maximum absolute atomic E-state index is 11.9. The topological polar surface area (TPSA) is 88.2 Å². The number of hydrogen-bond donors (Lipinski definition) is 2. The molecule has 19 heavy (non-hydrogen) atoms. The highest BCUT2D eigenvalue weighted by molar-refractivity contribution is 7.89. The molecule has 0 spiro atoms. The number of pyridine rings is 1. The first-order chi connectivity index (χ1) is 8.90. The summed E-state index contributed by atoms with van der Waals surface area (Å²) in [5, 5.41) is 2.97. The number of aromatic nitrogens is 1. The van der Waals surface area contributed by atoms with E-state index in [1.54, 1.807) is 14.0 Å². The van der Waals surface area contributed by atoms with Gasteiger partial charge >= 0.3 is 0 Å². The first-order valence-corrected chi connectivity index (χ1v) is 8.93. The van der Waals surface area contributed by atoms with Crippen LogP contribution in [-0.4, -0.2) is 42.7 Å². The Morgan fingerprint density at radius 2 is 2.16 bits per heavy atom. The third-order valence-corrected chi connectivity index (χ3v) is 5.33. The Bertz CT molecular complexity index is 563. The van der Waals surface area contributed by atoms with Gasteiger partial charge in [-0.3, -0.25) is 4.21 Å². The molecule has 0 fully saturated rings. The molecule has 1 aromatic heterocycles. The van der Waals surface area contributed by atoms with Gasteiger partial charge in [-0.1, -0.05) is 18.5 Å². The van der Waals surface area contributed by atoms with Crippen LogP contribution in [0, 0.1) is 0 Å². The van der Waals surface area contributed by atoms with Crippen LogP contribution < -0.4 is 10.0 Å². The fourth-order valence-corrected chi connectivity index (χ4v) is 3.34. The highest BCUT2D eigenvalue weighted by Crippen LogP contribution is 2.21. The van der Waals surface area contributed by atoms with Crippen molar-refractivity contribution in [3.05, 3.63) is 17.3 Å². The number of nitrogens with zero attached hydrogens (tertiary/aromatic N) is 1. The molecule has 0 saturated carbocycles. The third-order valence-electron chi connectivity index (χ3n) is 2.31. The lowest BCUT2D eigenvalue weighted by molar-refractivity contribution is 0.583. The molecule has 108 valence electrons. The van der Waals surface area contributed by atoms with Crippen molar-refractivity contribution in [3.63, 3.8) is 0 Å². The summed E-state index contributed by atoms with van der Waals surface area (Å²) in [6.45, 7) is 1.90. The third kappa shape index (κ3) is 4.72. The molecule has 9 heteroatoms. The van der Waals surface area contributed by atoms with Gasteiger partial charge in [0.15, 0.2) is 0 Å². The number of rotatable bonds is 7. The average Bonchev–Trinajstić information content (AvgIpc) is 2.38. The Labute approximate surface area is 120 Å². The molecule has 6 nitrogen and oxygen atoms in total. The smallest absolute Gasteiger partial charge is 0.242 e. The van der Waals surface area contributed by atoms with Crippen LogP contribution in [0.1, 0.15) is 6.92 Å². The zero-order valence-electron chi connectivity index (χ0n) is 10.6. The second kappa shape index (κ2) is 7.18. The van der Waals surface area contributed by atoms with Crippen molar-refractivity contribution in [2.45, 2.75) is 11.8 Å². The van der Waals surface area contributed by atoms with Crippen molar-refractivity contribution < 1.29 is 12.6 Å². The molecule has 0 aromatic carbocycles. The summed E-state index contributed by atoms with van der Waals surface area (Å²) in [6.07, 6.45) is 1.22. The standard InChI is InChI=1S/C10H16ClN3O3S2/c1-3-18(15)5-4-14-19(16,17)8-6-9(11)10(12-2)13-7-8/h6-7,14H,3-5H2,1-2H3,(H,12,13). The van der Waals surface area contributed by atoms with E-state index in [-0.39, 0.29) is 22.2 Å². The molecule has 1 heterocycles. The van der Waals surface area contributed by atoms with Crippen LogP contribution in [0.3, 0.4) is 0 Å². The van der Waals surface area contributed by atoms with Crippen molar-refractivity contribution in [3.8, 4) is 0 Å². The first kappa shape index (κ1) is 16.4. The molecule has 1 rings (SSSR count). The maximum Gasteiger partial charge on any atom is 0.242 e. The van der Waals surface area contributed by atoms with E-state index in [0.29, 0.717) is 11.6 Å². The van der Waals surface area contributed by atoms with Crippen molar-refractivity contribution >= 4 is 38.2 Å². The summed E-state index contributed by atoms with van der Waals surface area (Å²) >= 11 is 5.88. The van der Waals surface area contributed by atoms with Gasteiger partial charge in [-0.15, -0.1) is 0 Å². The average molecular weight is 326 g/mol. The Morgan fingerprint density at radius 1 is 1.47 bits per heavy atom. The van der Waals surface area contributed by atoms with Crippen LogP contribution in [0.15, 0.2) is 17.2 Å². The second-order valence-corrected chi connectivity index (χ2v) is 7.62. The minimum Gasteiger partial charge on any atom is -0.372 e. The van der Waals surface area contributed by atoms with Gasteiger partial charge in [-0.25, -0.2) is 18.1 Å². The summed E-state index contributed by atoms with van der Waals surface area (Å²) < 4.78 is 37.4. The van der Waals surface area contributed by atoms with Gasteiger partial charge in [-0.05, 0) is 6.07 Å². The van der Waals surface area contributed by atoms with Gasteiger partial charge in [-0.2, -0.15) is 0 Å². The van der Waals surface area contributed by atoms with Crippen molar-refractivity contribution in [1.29, 1.82) is 0 Å². The normalized spacial score (nSPS) is 13.2. The predicted octanol–water partition coefficient (Wildman–Crippen LogP) is 0.824. The molecule has 1 aromatic rings. The van der Waals surface area contributed by atoms with Gasteiger partial charge in [0.25, 0.3) is 0 Å². The summed E-state index contributed by atoms with van der Waals surface area (Å²) in [5.74, 6) is 1.20. The highest BCUT2D eigenvalue weighted by Gasteiger charge is 2.16. The lowest BCUT2D eigenvalue weighted by Gasteiger charge is -2.08. The summed E-state index contributed by atoms with van der Waals surface area (Å²) in [7, 11) is -3.04. The van der Waals surface area contributed by atoms with E-state index in [0.717, 1.165) is 0 Å². The van der Waals surface area contributed by atoms with Crippen LogP contribution in [0.5, 0.6) is 0 Å². The van der Waals surface area contributed by atoms with Gasteiger partial charge in [0.2, 0.25) is 10.0 Å². The summed E-state index contributed by atoms with van der Waals surface area (Å²) in [5.41, 5.74) is 0. The van der Waals surface area contributed by atoms with E-state index in [4.69, 9.17) is 11.6 Å². The minimum absolute atomic E-state index is 0.0150. The number of anilines is 1. The van der Waals surface area contributed by atoms with E-state index < -0.39 is 20.8 Å². The van der Waals surface area contributed by atoms with Crippen LogP contribution in [0.4, 0.5) is 5.82 Å². The first-order valence-electron chi connectivity index (χ1n) is 5.58. The van der Waals surface area contributed by atoms with Crippen molar-refractivity contribution in [2.24, 2.45) is 0 Å². The quantitative estimate of drug-likeness (QED) is 0.775. The lowest BCUT2D eigenvalue weighted by atomic mass is 10.4. The highest BCUT2D eigenvalue weighted by atomic mass is 35.5. The van der Waals surface area contributed by atoms with Gasteiger partial charge in [0.05, 0.1) is 5.02 Å². The lowest BCUT2D eigenvalue weighted by Crippen LogP contribution is -2.28. The number of halogens is 1. The molecule has 0 amide bonds. The van der Waals surface area contributed by atoms with Crippen LogP contribution >= 0.6 is 11.6 Å². The summed E-state index contributed by atoms with van der Waals surface area (Å²) in [4.78, 5) is 3.89. The fraction of sp³-hybridized carbons (Fsp3) is 0.500. The van der Waals surface area contributed by atoms with E-state index in [9.17, 15) is 12.6 Å². The molecule has 1 atom stereocenters. The molecule has 0 saturated heterocycles. The van der Waals surface area contributed by atoms with E-state index in [2.05, 4.69) is 15.0 Å². The monoisotopic (exact) mass is 325 g/mol. The van der Waals surface area contributed by atoms with E-state index in [1.807, 2.05) is 0 Å². The van der Waals surface area contributed by atoms with Gasteiger partial charge < -0.3 is 5.32 Å². The van der Waals surface area contributed by atoms with Crippen LogP contribution in [0.2, 0.25) is 5.02 Å². The Kier molecular flexibility index (Phi) is 6.18. The molecule has 1 unspecified atom stereocenters. The molecule has 0 bridgehead atoms. The Morgan fingerprint density at radius 3 is 2.68 bits per heavy atom. The molecule has 0 aliphatic carbocycles. The van der Waals surface area contributed by atoms with E-state index in [1.165, 1.54) is 12.3 Å². The van der Waals surface area contributed by atoms with Crippen molar-refractivity contribution in [1.82, 2.24) is 9.71 Å². The molecule has 0 aliphatic heterocycles. The zero-order chi connectivity index (χ0) is 14.5. The Balaban J connectivity index is 2.77. The van der Waals surface area contributed by atoms with Crippen LogP contribution in [-0.2, 0) is 20.8 Å². The molecule has 0 aliphatic rings.